The van der Waals surface area contributed by atoms with Gasteiger partial charge in [0.2, 0.25) is 11.8 Å². The second-order valence-electron chi connectivity index (χ2n) is 12.3. The number of carbonyl (C=O) groups is 3. The number of hydrogen-bond acceptors (Lipinski definition) is 6. The van der Waals surface area contributed by atoms with E-state index in [9.17, 15) is 18.6 Å². The normalized spacial score (nSPS) is 14.5. The topological polar surface area (TPSA) is 134 Å². The first-order chi connectivity index (χ1) is 19.4. The highest BCUT2D eigenvalue weighted by Crippen LogP contribution is 2.28. The average molecular weight is 598 g/mol. The van der Waals surface area contributed by atoms with Crippen molar-refractivity contribution in [1.82, 2.24) is 20.3 Å². The third-order valence-electron chi connectivity index (χ3n) is 7.76. The summed E-state index contributed by atoms with van der Waals surface area (Å²) in [5.41, 5.74) is 8.25. The van der Waals surface area contributed by atoms with Gasteiger partial charge in [-0.3, -0.25) is 19.1 Å². The molecule has 0 aliphatic rings. The van der Waals surface area contributed by atoms with Crippen molar-refractivity contribution >= 4 is 34.4 Å². The zero-order valence-electron chi connectivity index (χ0n) is 26.5. The van der Waals surface area contributed by atoms with Crippen molar-refractivity contribution in [2.24, 2.45) is 5.41 Å². The molecule has 3 atom stereocenters. The lowest BCUT2D eigenvalue weighted by Crippen LogP contribution is -2.60. The maximum Gasteiger partial charge on any atom is 0.258 e. The van der Waals surface area contributed by atoms with Gasteiger partial charge in [-0.05, 0) is 62.1 Å². The Morgan fingerprint density at radius 1 is 0.976 bits per heavy atom. The highest BCUT2D eigenvalue weighted by atomic mass is 32.2. The molecular weight excluding hydrogens is 550 g/mol. The van der Waals surface area contributed by atoms with E-state index in [1.807, 2.05) is 71.9 Å². The van der Waals surface area contributed by atoms with Crippen molar-refractivity contribution < 1.29 is 18.6 Å². The van der Waals surface area contributed by atoms with Crippen molar-refractivity contribution in [3.8, 4) is 0 Å². The van der Waals surface area contributed by atoms with Crippen LogP contribution in [0.5, 0.6) is 0 Å². The third-order valence-corrected chi connectivity index (χ3v) is 8.97. The van der Waals surface area contributed by atoms with Crippen LogP contribution in [0.2, 0.25) is 0 Å². The van der Waals surface area contributed by atoms with Crippen molar-refractivity contribution in [3.05, 3.63) is 70.8 Å². The first kappa shape index (κ1) is 34.7. The standard InChI is InChI=1S/C32H47N5O4S/c1-20(28(38)36-42(41)25-17-16-24(33)21(2)22(25)3)18-19-37(10)30(40)27(31(4,5)6)35-29(39)26(34-9)32(7,8)23-14-12-11-13-15-23/h11-18,26-27,34H,19,33H2,1-10H3,(H,35,39)(H,36,38)/b20-18+. The predicted molar refractivity (Wildman–Crippen MR) is 170 cm³/mol. The summed E-state index contributed by atoms with van der Waals surface area (Å²) < 4.78 is 15.3. The van der Waals surface area contributed by atoms with Crippen molar-refractivity contribution in [1.29, 1.82) is 0 Å². The summed E-state index contributed by atoms with van der Waals surface area (Å²) in [5.74, 6) is -1.08. The molecule has 5 N–H and O–H groups in total. The fraction of sp³-hybridized carbons (Fsp3) is 0.469. The third kappa shape index (κ3) is 8.29. The quantitative estimate of drug-likeness (QED) is 0.231. The van der Waals surface area contributed by atoms with Gasteiger partial charge in [0.1, 0.15) is 6.04 Å². The van der Waals surface area contributed by atoms with Crippen LogP contribution in [0.4, 0.5) is 5.69 Å². The lowest BCUT2D eigenvalue weighted by atomic mass is 9.76. The number of benzene rings is 2. The molecule has 9 nitrogen and oxygen atoms in total. The first-order valence-electron chi connectivity index (χ1n) is 14.0. The van der Waals surface area contributed by atoms with E-state index >= 15 is 0 Å². The van der Waals surface area contributed by atoms with Gasteiger partial charge in [0.25, 0.3) is 5.91 Å². The van der Waals surface area contributed by atoms with Gasteiger partial charge >= 0.3 is 0 Å². The molecule has 0 radical (unpaired) electrons. The van der Waals surface area contributed by atoms with Gasteiger partial charge in [0, 0.05) is 30.3 Å². The van der Waals surface area contributed by atoms with E-state index in [1.54, 1.807) is 46.2 Å². The largest absolute Gasteiger partial charge is 0.399 e. The number of carbonyl (C=O) groups excluding carboxylic acids is 3. The van der Waals surface area contributed by atoms with Gasteiger partial charge in [0.05, 0.1) is 10.9 Å². The summed E-state index contributed by atoms with van der Waals surface area (Å²) in [6, 6.07) is 11.7. The molecule has 0 fully saturated rings. The van der Waals surface area contributed by atoms with Gasteiger partial charge in [0.15, 0.2) is 11.0 Å². The Morgan fingerprint density at radius 3 is 2.12 bits per heavy atom. The average Bonchev–Trinajstić information content (AvgIpc) is 2.92. The van der Waals surface area contributed by atoms with Crippen LogP contribution in [-0.4, -0.2) is 59.6 Å². The minimum Gasteiger partial charge on any atom is -0.399 e. The zero-order valence-corrected chi connectivity index (χ0v) is 27.4. The summed E-state index contributed by atoms with van der Waals surface area (Å²) in [7, 11) is 1.58. The lowest BCUT2D eigenvalue weighted by molar-refractivity contribution is -0.139. The summed E-state index contributed by atoms with van der Waals surface area (Å²) in [4.78, 5) is 41.9. The molecule has 0 spiro atoms. The van der Waals surface area contributed by atoms with Crippen LogP contribution in [0.3, 0.4) is 0 Å². The Morgan fingerprint density at radius 2 is 1.57 bits per heavy atom. The number of hydrogen-bond donors (Lipinski definition) is 4. The monoisotopic (exact) mass is 597 g/mol. The molecule has 0 aromatic heterocycles. The lowest BCUT2D eigenvalue weighted by Gasteiger charge is -2.38. The molecule has 3 amide bonds. The van der Waals surface area contributed by atoms with E-state index in [-0.39, 0.29) is 18.4 Å². The zero-order chi connectivity index (χ0) is 32.0. The molecule has 0 aliphatic heterocycles. The highest BCUT2D eigenvalue weighted by molar-refractivity contribution is 7.83. The molecule has 0 bridgehead atoms. The number of nitrogens with zero attached hydrogens (tertiary/aromatic N) is 1. The molecule has 2 aromatic carbocycles. The second-order valence-corrected chi connectivity index (χ2v) is 13.5. The molecule has 0 heterocycles. The Bertz CT molecular complexity index is 1350. The Labute approximate surface area is 253 Å². The smallest absolute Gasteiger partial charge is 0.258 e. The van der Waals surface area contributed by atoms with E-state index in [4.69, 9.17) is 5.73 Å². The highest BCUT2D eigenvalue weighted by Gasteiger charge is 2.40. The minimum atomic E-state index is -1.77. The number of amides is 3. The molecule has 2 rings (SSSR count). The van der Waals surface area contributed by atoms with Crippen molar-refractivity contribution in [3.63, 3.8) is 0 Å². The van der Waals surface area contributed by atoms with Crippen LogP contribution in [-0.2, 0) is 30.8 Å². The number of nitrogens with two attached hydrogens (primary N) is 1. The van der Waals surface area contributed by atoms with Gasteiger partial charge in [-0.1, -0.05) is 71.0 Å². The molecule has 0 aliphatic carbocycles. The Hall–Kier alpha value is -3.50. The number of nitrogen functional groups attached to an aromatic ring is 1. The number of nitrogens with one attached hydrogen (secondary N) is 3. The molecule has 0 saturated carbocycles. The summed E-state index contributed by atoms with van der Waals surface area (Å²) in [5, 5.41) is 6.12. The minimum absolute atomic E-state index is 0.123. The maximum absolute atomic E-state index is 13.6. The molecule has 0 saturated heterocycles. The van der Waals surface area contributed by atoms with Gasteiger partial charge in [-0.25, -0.2) is 4.21 Å². The number of rotatable bonds is 11. The van der Waals surface area contributed by atoms with Crippen molar-refractivity contribution in [2.45, 2.75) is 77.8 Å². The van der Waals surface area contributed by atoms with E-state index < -0.39 is 39.8 Å². The molecule has 42 heavy (non-hydrogen) atoms. The summed E-state index contributed by atoms with van der Waals surface area (Å²) in [6.45, 7) is 15.0. The van der Waals surface area contributed by atoms with E-state index in [2.05, 4.69) is 15.4 Å². The van der Waals surface area contributed by atoms with Crippen LogP contribution in [0.25, 0.3) is 0 Å². The second kappa shape index (κ2) is 14.1. The van der Waals surface area contributed by atoms with Crippen LogP contribution in [0.15, 0.2) is 59.0 Å². The first-order valence-corrected chi connectivity index (χ1v) is 15.1. The van der Waals surface area contributed by atoms with Crippen LogP contribution < -0.4 is 21.1 Å². The maximum atomic E-state index is 13.6. The van der Waals surface area contributed by atoms with Gasteiger partial charge < -0.3 is 21.3 Å². The molecule has 2 aromatic rings. The SMILES string of the molecule is CNC(C(=O)NC(C(=O)N(C)C/C=C(\C)C(=O)NS(=O)c1ccc(N)c(C)c1C)C(C)(C)C)C(C)(C)c1ccccc1. The van der Waals surface area contributed by atoms with Crippen LogP contribution in [0.1, 0.15) is 58.2 Å². The van der Waals surface area contributed by atoms with E-state index in [0.29, 0.717) is 16.2 Å². The van der Waals surface area contributed by atoms with E-state index in [0.717, 1.165) is 16.7 Å². The predicted octanol–water partition coefficient (Wildman–Crippen LogP) is 3.53. The van der Waals surface area contributed by atoms with Crippen LogP contribution >= 0.6 is 0 Å². The molecule has 3 unspecified atom stereocenters. The number of likely N-dealkylation sites (N-methyl/N-ethyl adjacent to an activating group) is 2. The van der Waals surface area contributed by atoms with E-state index in [1.165, 1.54) is 4.90 Å². The molecule has 230 valence electrons. The fourth-order valence-corrected chi connectivity index (χ4v) is 5.70. The Kier molecular flexibility index (Phi) is 11.7. The Balaban J connectivity index is 2.14. The van der Waals surface area contributed by atoms with Crippen LogP contribution in [0, 0.1) is 19.3 Å². The molecule has 10 heteroatoms. The fourth-order valence-electron chi connectivity index (χ4n) is 4.64. The summed E-state index contributed by atoms with van der Waals surface area (Å²) in [6.07, 6.45) is 1.60. The van der Waals surface area contributed by atoms with Gasteiger partial charge in [-0.2, -0.15) is 0 Å². The summed E-state index contributed by atoms with van der Waals surface area (Å²) >= 11 is 0. The van der Waals surface area contributed by atoms with Crippen molar-refractivity contribution in [2.75, 3.05) is 26.4 Å². The number of anilines is 1. The molecular formula is C32H47N5O4S. The van der Waals surface area contributed by atoms with Gasteiger partial charge in [-0.15, -0.1) is 0 Å².